The first kappa shape index (κ1) is 38.8. The fourth-order valence-electron chi connectivity index (χ4n) is 7.98. The van der Waals surface area contributed by atoms with Crippen molar-refractivity contribution in [2.75, 3.05) is 9.80 Å². The van der Waals surface area contributed by atoms with Crippen LogP contribution in [0.2, 0.25) is 5.02 Å². The average molecular weight is 848 g/mol. The third-order valence-corrected chi connectivity index (χ3v) is 12.1. The van der Waals surface area contributed by atoms with Crippen LogP contribution in [0.1, 0.15) is 35.4 Å². The van der Waals surface area contributed by atoms with Crippen LogP contribution in [0.4, 0.5) is 59.7 Å². The van der Waals surface area contributed by atoms with Gasteiger partial charge in [0.15, 0.2) is 33.0 Å². The van der Waals surface area contributed by atoms with Gasteiger partial charge in [-0.15, -0.1) is 23.2 Å². The number of nitrogens with zero attached hydrogens (tertiary/aromatic N) is 2. The first-order chi connectivity index (χ1) is 25.4. The van der Waals surface area contributed by atoms with Gasteiger partial charge in [-0.2, -0.15) is 26.3 Å². The Kier molecular flexibility index (Phi) is 8.68. The minimum absolute atomic E-state index is 0.103. The van der Waals surface area contributed by atoms with Crippen molar-refractivity contribution in [3.63, 3.8) is 0 Å². The van der Waals surface area contributed by atoms with Crippen molar-refractivity contribution in [2.24, 2.45) is 17.8 Å². The number of halogens is 14. The second kappa shape index (κ2) is 12.3. The van der Waals surface area contributed by atoms with Crippen LogP contribution in [0.25, 0.3) is 0 Å². The molecule has 3 fully saturated rings. The molecule has 7 nitrogen and oxygen atoms in total. The van der Waals surface area contributed by atoms with Crippen molar-refractivity contribution in [1.82, 2.24) is 0 Å². The van der Waals surface area contributed by atoms with Crippen molar-refractivity contribution in [2.45, 2.75) is 40.9 Å². The zero-order chi connectivity index (χ0) is 40.6. The monoisotopic (exact) mass is 846 g/mol. The van der Waals surface area contributed by atoms with E-state index in [1.165, 1.54) is 6.08 Å². The number of rotatable bonds is 3. The van der Waals surface area contributed by atoms with E-state index in [0.29, 0.717) is 0 Å². The minimum atomic E-state index is -5.38. The van der Waals surface area contributed by atoms with Gasteiger partial charge in [0.2, 0.25) is 17.6 Å². The highest BCUT2D eigenvalue weighted by Crippen LogP contribution is 2.66. The number of carbonyl (C=O) groups is 4. The molecule has 0 aromatic heterocycles. The molecule has 3 aromatic carbocycles. The van der Waals surface area contributed by atoms with Gasteiger partial charge in [0.25, 0.3) is 11.8 Å². The number of aromatic hydroxyl groups is 1. The van der Waals surface area contributed by atoms with E-state index in [-0.39, 0.29) is 34.2 Å². The first-order valence-electron chi connectivity index (χ1n) is 15.5. The summed E-state index contributed by atoms with van der Waals surface area (Å²) in [6.45, 7) is 0. The number of benzene rings is 3. The SMILES string of the molecule is O=C1[C@H]2[C@H](CC=C3[C@H]2C[C@@]2(Cl)C(=O)N(c4c(F)c(F)c(F)c(F)c4F)C(=O)[C@@]2(Cl)[C@H]3c2ccc(O)cc2Cl)C(=O)N1c1cc(C(F)(F)F)cc(C(F)(F)F)c1. The summed E-state index contributed by atoms with van der Waals surface area (Å²) in [5, 5.41) is 9.65. The number of hydrogen-bond donors (Lipinski definition) is 1. The van der Waals surface area contributed by atoms with Crippen LogP contribution in [0.5, 0.6) is 5.75 Å². The number of amides is 4. The van der Waals surface area contributed by atoms with E-state index in [1.807, 2.05) is 0 Å². The van der Waals surface area contributed by atoms with Crippen LogP contribution >= 0.6 is 34.8 Å². The molecule has 6 atom stereocenters. The van der Waals surface area contributed by atoms with E-state index >= 15 is 8.78 Å². The lowest BCUT2D eigenvalue weighted by atomic mass is 9.56. The zero-order valence-electron chi connectivity index (χ0n) is 26.5. The molecule has 1 N–H and O–H groups in total. The maximum absolute atomic E-state index is 15.2. The molecule has 2 aliphatic carbocycles. The van der Waals surface area contributed by atoms with Gasteiger partial charge < -0.3 is 5.11 Å². The van der Waals surface area contributed by atoms with Crippen molar-refractivity contribution in [3.05, 3.63) is 98.8 Å². The Balaban J connectivity index is 1.42. The fourth-order valence-corrected chi connectivity index (χ4v) is 9.20. The molecule has 0 unspecified atom stereocenters. The molecular weight excluding hydrogens is 832 g/mol. The van der Waals surface area contributed by atoms with Gasteiger partial charge in [-0.05, 0) is 54.7 Å². The van der Waals surface area contributed by atoms with Crippen molar-refractivity contribution in [1.29, 1.82) is 0 Å². The molecule has 21 heteroatoms. The summed E-state index contributed by atoms with van der Waals surface area (Å²) in [4.78, 5) is 50.1. The smallest absolute Gasteiger partial charge is 0.416 e. The number of anilines is 2. The molecule has 0 spiro atoms. The highest BCUT2D eigenvalue weighted by Gasteiger charge is 2.77. The Morgan fingerprint density at radius 3 is 1.78 bits per heavy atom. The second-order valence-corrected chi connectivity index (χ2v) is 14.8. The van der Waals surface area contributed by atoms with E-state index < -0.39 is 150 Å². The number of phenols is 1. The van der Waals surface area contributed by atoms with E-state index in [2.05, 4.69) is 0 Å². The Labute approximate surface area is 314 Å². The zero-order valence-corrected chi connectivity index (χ0v) is 28.8. The predicted molar refractivity (Wildman–Crippen MR) is 168 cm³/mol. The number of allylic oxidation sites excluding steroid dienone is 2. The van der Waals surface area contributed by atoms with E-state index in [1.54, 1.807) is 0 Å². The van der Waals surface area contributed by atoms with Gasteiger partial charge in [0.05, 0.1) is 28.7 Å². The van der Waals surface area contributed by atoms with Gasteiger partial charge in [-0.1, -0.05) is 29.3 Å². The van der Waals surface area contributed by atoms with Crippen LogP contribution in [-0.2, 0) is 31.5 Å². The molecule has 55 heavy (non-hydrogen) atoms. The van der Waals surface area contributed by atoms with Crippen molar-refractivity contribution < 1.29 is 72.6 Å². The second-order valence-electron chi connectivity index (χ2n) is 13.2. The van der Waals surface area contributed by atoms with Crippen LogP contribution in [0.15, 0.2) is 48.0 Å². The number of fused-ring (bicyclic) bond motifs is 4. The van der Waals surface area contributed by atoms with Gasteiger partial charge in [-0.3, -0.25) is 19.2 Å². The maximum atomic E-state index is 15.2. The summed E-state index contributed by atoms with van der Waals surface area (Å²) in [5.74, 6) is -26.6. The molecule has 1 saturated carbocycles. The Morgan fingerprint density at radius 1 is 0.709 bits per heavy atom. The van der Waals surface area contributed by atoms with E-state index in [0.717, 1.165) is 18.2 Å². The summed E-state index contributed by atoms with van der Waals surface area (Å²) in [6, 6.07) is 3.05. The standard InChI is InChI=1S/C34H16Cl3F11N2O5/c35-18-8-13(51)1-2-15(18)20-14-3-4-16-19(28(53)49(27(16)52)12-6-10(33(43,44)45)5-11(7-12)34(46,47)48)17(14)9-31(36)29(54)50(30(55)32(20,31)37)26-24(41)22(39)21(38)23(40)25(26)42/h1-3,5-8,16-17,19-20,51H,4,9H2/t16-,17+,19-,20+,31+,32-/m0/s1. The number of phenolic OH excluding ortho intramolecular Hbond substituents is 1. The molecule has 2 saturated heterocycles. The summed E-state index contributed by atoms with van der Waals surface area (Å²) in [7, 11) is 0. The first-order valence-corrected chi connectivity index (χ1v) is 16.6. The van der Waals surface area contributed by atoms with E-state index in [4.69, 9.17) is 34.8 Å². The molecule has 4 amide bonds. The van der Waals surface area contributed by atoms with Crippen molar-refractivity contribution in [3.8, 4) is 5.75 Å². The predicted octanol–water partition coefficient (Wildman–Crippen LogP) is 8.55. The largest absolute Gasteiger partial charge is 0.508 e. The molecule has 0 bridgehead atoms. The van der Waals surface area contributed by atoms with Gasteiger partial charge in [-0.25, -0.2) is 31.8 Å². The van der Waals surface area contributed by atoms with Crippen LogP contribution in [0.3, 0.4) is 0 Å². The lowest BCUT2D eigenvalue weighted by Gasteiger charge is -2.50. The van der Waals surface area contributed by atoms with Gasteiger partial charge >= 0.3 is 12.4 Å². The highest BCUT2D eigenvalue weighted by atomic mass is 35.5. The average Bonchev–Trinajstić information content (AvgIpc) is 3.44. The minimum Gasteiger partial charge on any atom is -0.508 e. The lowest BCUT2D eigenvalue weighted by Crippen LogP contribution is -2.60. The molecule has 2 aliphatic heterocycles. The molecule has 3 aromatic rings. The maximum Gasteiger partial charge on any atom is 0.416 e. The molecule has 2 heterocycles. The number of imide groups is 2. The van der Waals surface area contributed by atoms with Crippen LogP contribution in [0, 0.1) is 46.8 Å². The van der Waals surface area contributed by atoms with Gasteiger partial charge in [0.1, 0.15) is 11.4 Å². The third-order valence-electron chi connectivity index (χ3n) is 10.3. The summed E-state index contributed by atoms with van der Waals surface area (Å²) in [5.41, 5.74) is -7.27. The molecular formula is C34H16Cl3F11N2O5. The van der Waals surface area contributed by atoms with E-state index in [9.17, 15) is 63.8 Å². The Morgan fingerprint density at radius 2 is 1.25 bits per heavy atom. The summed E-state index contributed by atoms with van der Waals surface area (Å²) in [6.07, 6.45) is -11.0. The van der Waals surface area contributed by atoms with Crippen LogP contribution < -0.4 is 9.80 Å². The number of hydrogen-bond acceptors (Lipinski definition) is 5. The molecule has 7 rings (SSSR count). The van der Waals surface area contributed by atoms with Crippen molar-refractivity contribution >= 4 is 69.8 Å². The molecule has 290 valence electrons. The van der Waals surface area contributed by atoms with Crippen LogP contribution in [-0.4, -0.2) is 38.5 Å². The quantitative estimate of drug-likeness (QED) is 0.0713. The summed E-state index contributed by atoms with van der Waals surface area (Å²) >= 11 is 20.4. The number of carbonyl (C=O) groups excluding carboxylic acids is 4. The molecule has 0 radical (unpaired) electrons. The third kappa shape index (κ3) is 5.30. The summed E-state index contributed by atoms with van der Waals surface area (Å²) < 4.78 is 156. The number of alkyl halides is 8. The molecule has 4 aliphatic rings. The lowest BCUT2D eigenvalue weighted by molar-refractivity contribution is -0.143. The normalized spacial score (nSPS) is 28.1. The fraction of sp³-hybridized carbons (Fsp3) is 0.294. The van der Waals surface area contributed by atoms with Gasteiger partial charge in [0, 0.05) is 10.9 Å². The highest BCUT2D eigenvalue weighted by molar-refractivity contribution is 6.58. The topological polar surface area (TPSA) is 95.0 Å². The Hall–Kier alpha value is -4.42. The Bertz CT molecular complexity index is 2260.